The molecule has 0 atom stereocenters. The van der Waals surface area contributed by atoms with E-state index in [-0.39, 0.29) is 5.91 Å². The van der Waals surface area contributed by atoms with Gasteiger partial charge in [-0.2, -0.15) is 5.10 Å². The topological polar surface area (TPSA) is 47.4 Å². The van der Waals surface area contributed by atoms with Crippen LogP contribution in [0.25, 0.3) is 5.69 Å². The molecule has 0 unspecified atom stereocenters. The molecular weight excluding hydrogens is 349 g/mol. The molecule has 0 radical (unpaired) electrons. The first-order valence-electron chi connectivity index (χ1n) is 8.08. The van der Waals surface area contributed by atoms with E-state index in [1.165, 1.54) is 0 Å². The Labute approximate surface area is 150 Å². The Morgan fingerprint density at radius 3 is 2.67 bits per heavy atom. The van der Waals surface area contributed by atoms with Crippen molar-refractivity contribution in [2.24, 2.45) is 0 Å². The summed E-state index contributed by atoms with van der Waals surface area (Å²) >= 11 is 12.2. The van der Waals surface area contributed by atoms with Crippen molar-refractivity contribution in [1.82, 2.24) is 14.7 Å². The van der Waals surface area contributed by atoms with Crippen molar-refractivity contribution in [3.05, 3.63) is 45.2 Å². The van der Waals surface area contributed by atoms with Crippen LogP contribution in [-0.4, -0.2) is 46.9 Å². The number of ether oxygens (including phenoxy) is 1. The minimum absolute atomic E-state index is 0.00439. The van der Waals surface area contributed by atoms with Gasteiger partial charge in [-0.3, -0.25) is 4.79 Å². The average Bonchev–Trinajstić information content (AvgIpc) is 3.20. The smallest absolute Gasteiger partial charge is 0.274 e. The fraction of sp³-hybridized carbons (Fsp3) is 0.412. The van der Waals surface area contributed by atoms with Crippen LogP contribution in [-0.2, 0) is 17.6 Å². The van der Waals surface area contributed by atoms with Gasteiger partial charge < -0.3 is 9.64 Å². The predicted molar refractivity (Wildman–Crippen MR) is 92.3 cm³/mol. The number of hydrogen-bond acceptors (Lipinski definition) is 3. The van der Waals surface area contributed by atoms with E-state index < -0.39 is 0 Å². The van der Waals surface area contributed by atoms with Gasteiger partial charge in [-0.25, -0.2) is 4.68 Å². The first-order chi connectivity index (χ1) is 11.6. The summed E-state index contributed by atoms with van der Waals surface area (Å²) in [5.74, 6) is -0.00439. The van der Waals surface area contributed by atoms with Gasteiger partial charge in [0.25, 0.3) is 5.91 Å². The maximum absolute atomic E-state index is 12.9. The number of carbonyl (C=O) groups is 1. The number of rotatable bonds is 2. The lowest BCUT2D eigenvalue weighted by Crippen LogP contribution is -2.41. The van der Waals surface area contributed by atoms with Crippen molar-refractivity contribution in [2.75, 3.05) is 26.3 Å². The van der Waals surface area contributed by atoms with Crippen LogP contribution in [0.5, 0.6) is 0 Å². The van der Waals surface area contributed by atoms with Crippen molar-refractivity contribution < 1.29 is 9.53 Å². The molecule has 2 heterocycles. The Hall–Kier alpha value is -1.56. The van der Waals surface area contributed by atoms with Crippen LogP contribution in [0.1, 0.15) is 28.2 Å². The molecular formula is C17H17Cl2N3O2. The highest BCUT2D eigenvalue weighted by Crippen LogP contribution is 2.31. The molecule has 0 N–H and O–H groups in total. The van der Waals surface area contributed by atoms with Crippen LogP contribution in [0.4, 0.5) is 0 Å². The molecule has 5 nitrogen and oxygen atoms in total. The molecule has 2 aromatic rings. The highest BCUT2D eigenvalue weighted by molar-refractivity contribution is 6.42. The van der Waals surface area contributed by atoms with E-state index in [9.17, 15) is 4.79 Å². The van der Waals surface area contributed by atoms with Crippen LogP contribution in [0, 0.1) is 0 Å². The van der Waals surface area contributed by atoms with Crippen molar-refractivity contribution in [2.45, 2.75) is 19.3 Å². The number of hydrogen-bond donors (Lipinski definition) is 0. The fourth-order valence-corrected chi connectivity index (χ4v) is 3.65. The van der Waals surface area contributed by atoms with Gasteiger partial charge in [0.05, 0.1) is 28.9 Å². The lowest BCUT2D eigenvalue weighted by atomic mass is 10.2. The zero-order valence-electron chi connectivity index (χ0n) is 13.1. The van der Waals surface area contributed by atoms with Crippen LogP contribution < -0.4 is 0 Å². The maximum atomic E-state index is 12.9. The number of amides is 1. The Balaban J connectivity index is 1.74. The van der Waals surface area contributed by atoms with Gasteiger partial charge in [0.15, 0.2) is 5.69 Å². The summed E-state index contributed by atoms with van der Waals surface area (Å²) in [5, 5.41) is 5.62. The van der Waals surface area contributed by atoms with E-state index in [4.69, 9.17) is 27.9 Å². The van der Waals surface area contributed by atoms with E-state index in [2.05, 4.69) is 5.10 Å². The minimum atomic E-state index is -0.00439. The first kappa shape index (κ1) is 15.9. The summed E-state index contributed by atoms with van der Waals surface area (Å²) in [6, 6.07) is 5.42. The van der Waals surface area contributed by atoms with Crippen LogP contribution in [0.15, 0.2) is 18.2 Å². The molecule has 0 bridgehead atoms. The minimum Gasteiger partial charge on any atom is -0.378 e. The molecule has 126 valence electrons. The Morgan fingerprint density at radius 2 is 1.92 bits per heavy atom. The normalized spacial score (nSPS) is 17.2. The summed E-state index contributed by atoms with van der Waals surface area (Å²) in [4.78, 5) is 14.7. The Morgan fingerprint density at radius 1 is 1.12 bits per heavy atom. The highest BCUT2D eigenvalue weighted by atomic mass is 35.5. The predicted octanol–water partition coefficient (Wildman–Crippen LogP) is 3.14. The van der Waals surface area contributed by atoms with Crippen LogP contribution >= 0.6 is 23.2 Å². The van der Waals surface area contributed by atoms with Crippen molar-refractivity contribution in [3.63, 3.8) is 0 Å². The molecule has 2 aliphatic rings. The van der Waals surface area contributed by atoms with Crippen LogP contribution in [0.3, 0.4) is 0 Å². The van der Waals surface area contributed by atoms with E-state index >= 15 is 0 Å². The SMILES string of the molecule is O=C(c1nn(-c2ccc(Cl)c(Cl)c2)c2c1CCC2)N1CCOCC1. The second-order valence-electron chi connectivity index (χ2n) is 6.04. The van der Waals surface area contributed by atoms with Gasteiger partial charge in [0.1, 0.15) is 0 Å². The van der Waals surface area contributed by atoms with Gasteiger partial charge in [0.2, 0.25) is 0 Å². The molecule has 0 spiro atoms. The molecule has 1 aliphatic carbocycles. The summed E-state index contributed by atoms with van der Waals surface area (Å²) in [7, 11) is 0. The number of aromatic nitrogens is 2. The number of benzene rings is 1. The third kappa shape index (κ3) is 2.70. The molecule has 1 aliphatic heterocycles. The van der Waals surface area contributed by atoms with Crippen molar-refractivity contribution >= 4 is 29.1 Å². The van der Waals surface area contributed by atoms with Gasteiger partial charge in [-0.15, -0.1) is 0 Å². The highest BCUT2D eigenvalue weighted by Gasteiger charge is 2.30. The van der Waals surface area contributed by atoms with E-state index in [1.54, 1.807) is 12.1 Å². The monoisotopic (exact) mass is 365 g/mol. The second-order valence-corrected chi connectivity index (χ2v) is 6.86. The average molecular weight is 366 g/mol. The summed E-state index contributed by atoms with van der Waals surface area (Å²) in [6.45, 7) is 2.41. The van der Waals surface area contributed by atoms with E-state index in [0.717, 1.165) is 36.2 Å². The second kappa shape index (κ2) is 6.39. The fourth-order valence-electron chi connectivity index (χ4n) is 3.36. The lowest BCUT2D eigenvalue weighted by molar-refractivity contribution is 0.0298. The molecule has 1 aromatic carbocycles. The zero-order valence-corrected chi connectivity index (χ0v) is 14.6. The number of morpholine rings is 1. The quantitative estimate of drug-likeness (QED) is 0.821. The summed E-state index contributed by atoms with van der Waals surface area (Å²) in [5.41, 5.74) is 3.57. The molecule has 4 rings (SSSR count). The molecule has 1 saturated heterocycles. The van der Waals surface area contributed by atoms with Gasteiger partial charge in [-0.1, -0.05) is 23.2 Å². The Bertz CT molecular complexity index is 797. The molecule has 1 fully saturated rings. The number of halogens is 2. The van der Waals surface area contributed by atoms with E-state index in [0.29, 0.717) is 42.0 Å². The zero-order chi connectivity index (χ0) is 16.7. The molecule has 1 aromatic heterocycles. The number of nitrogens with zero attached hydrogens (tertiary/aromatic N) is 3. The maximum Gasteiger partial charge on any atom is 0.274 e. The number of fused-ring (bicyclic) bond motifs is 1. The lowest BCUT2D eigenvalue weighted by Gasteiger charge is -2.26. The van der Waals surface area contributed by atoms with Crippen molar-refractivity contribution in [3.8, 4) is 5.69 Å². The standard InChI is InChI=1S/C17H17Cl2N3O2/c18-13-5-4-11(10-14(13)19)22-15-3-1-2-12(15)16(20-22)17(23)21-6-8-24-9-7-21/h4-5,10H,1-3,6-9H2. The van der Waals surface area contributed by atoms with Gasteiger partial charge in [-0.05, 0) is 37.5 Å². The molecule has 1 amide bonds. The summed E-state index contributed by atoms with van der Waals surface area (Å²) in [6.07, 6.45) is 2.85. The van der Waals surface area contributed by atoms with E-state index in [1.807, 2.05) is 15.6 Å². The molecule has 0 saturated carbocycles. The summed E-state index contributed by atoms with van der Waals surface area (Å²) < 4.78 is 7.18. The molecule has 24 heavy (non-hydrogen) atoms. The Kier molecular flexibility index (Phi) is 4.24. The largest absolute Gasteiger partial charge is 0.378 e. The van der Waals surface area contributed by atoms with Gasteiger partial charge in [0, 0.05) is 24.3 Å². The van der Waals surface area contributed by atoms with Crippen molar-refractivity contribution in [1.29, 1.82) is 0 Å². The third-order valence-corrected chi connectivity index (χ3v) is 5.32. The van der Waals surface area contributed by atoms with Crippen LogP contribution in [0.2, 0.25) is 10.0 Å². The molecule has 7 heteroatoms. The third-order valence-electron chi connectivity index (χ3n) is 4.58. The number of carbonyl (C=O) groups excluding carboxylic acids is 1. The first-order valence-corrected chi connectivity index (χ1v) is 8.84. The van der Waals surface area contributed by atoms with Gasteiger partial charge >= 0.3 is 0 Å².